The standard InChI is InChI=1S/C19H19Cl2N3O4S/c1-11(25)14-7-12(20)3-4-16(14)28-10-13-9-24(5-6-27-13)18(26)17-15(21)8-22-19(23-17)29-2/h3-4,7-8,13H,5-6,9-10H2,1-2H3. The summed E-state index contributed by atoms with van der Waals surface area (Å²) in [4.78, 5) is 34.6. The Bertz CT molecular complexity index is 928. The lowest BCUT2D eigenvalue weighted by Gasteiger charge is -2.32. The first-order valence-corrected chi connectivity index (χ1v) is 10.8. The maximum Gasteiger partial charge on any atom is 0.274 e. The van der Waals surface area contributed by atoms with Gasteiger partial charge in [-0.1, -0.05) is 35.0 Å². The molecule has 3 rings (SSSR count). The van der Waals surface area contributed by atoms with Crippen LogP contribution in [0, 0.1) is 0 Å². The lowest BCUT2D eigenvalue weighted by Crippen LogP contribution is -2.48. The molecule has 0 aliphatic carbocycles. The number of ketones is 1. The van der Waals surface area contributed by atoms with Crippen molar-refractivity contribution in [2.24, 2.45) is 0 Å². The van der Waals surface area contributed by atoms with Crippen LogP contribution in [0.3, 0.4) is 0 Å². The fraction of sp³-hybridized carbons (Fsp3) is 0.368. The maximum absolute atomic E-state index is 12.9. The molecule has 1 aliphatic rings. The summed E-state index contributed by atoms with van der Waals surface area (Å²) in [6.45, 7) is 2.72. The minimum Gasteiger partial charge on any atom is -0.490 e. The number of rotatable bonds is 6. The summed E-state index contributed by atoms with van der Waals surface area (Å²) >= 11 is 13.4. The van der Waals surface area contributed by atoms with Gasteiger partial charge in [0, 0.05) is 11.6 Å². The predicted molar refractivity (Wildman–Crippen MR) is 111 cm³/mol. The number of hydrogen-bond acceptors (Lipinski definition) is 7. The van der Waals surface area contributed by atoms with E-state index in [1.54, 1.807) is 23.1 Å². The van der Waals surface area contributed by atoms with Crippen LogP contribution in [0.5, 0.6) is 5.75 Å². The van der Waals surface area contributed by atoms with Gasteiger partial charge in [0.2, 0.25) is 0 Å². The number of thioether (sulfide) groups is 1. The highest BCUT2D eigenvalue weighted by Crippen LogP contribution is 2.24. The van der Waals surface area contributed by atoms with Crippen LogP contribution >= 0.6 is 35.0 Å². The number of benzene rings is 1. The summed E-state index contributed by atoms with van der Waals surface area (Å²) in [5.41, 5.74) is 0.572. The van der Waals surface area contributed by atoms with Crippen LogP contribution in [0.1, 0.15) is 27.8 Å². The van der Waals surface area contributed by atoms with E-state index in [-0.39, 0.29) is 35.1 Å². The van der Waals surface area contributed by atoms with Crippen LogP contribution in [0.2, 0.25) is 10.0 Å². The average molecular weight is 456 g/mol. The number of carbonyl (C=O) groups is 2. The molecule has 10 heteroatoms. The van der Waals surface area contributed by atoms with Crippen molar-refractivity contribution in [1.82, 2.24) is 14.9 Å². The quantitative estimate of drug-likeness (QED) is 0.373. The smallest absolute Gasteiger partial charge is 0.274 e. The zero-order valence-electron chi connectivity index (χ0n) is 15.9. The zero-order valence-corrected chi connectivity index (χ0v) is 18.2. The van der Waals surface area contributed by atoms with Gasteiger partial charge in [0.25, 0.3) is 5.91 Å². The Labute approximate surface area is 182 Å². The Morgan fingerprint density at radius 2 is 2.17 bits per heavy atom. The Morgan fingerprint density at radius 1 is 1.38 bits per heavy atom. The molecule has 1 fully saturated rings. The molecule has 1 saturated heterocycles. The van der Waals surface area contributed by atoms with E-state index in [9.17, 15) is 9.59 Å². The number of Topliss-reactive ketones (excluding diaryl/α,β-unsaturated/α-hetero) is 1. The van der Waals surface area contributed by atoms with Crippen molar-refractivity contribution in [1.29, 1.82) is 0 Å². The highest BCUT2D eigenvalue weighted by Gasteiger charge is 2.28. The van der Waals surface area contributed by atoms with E-state index in [1.165, 1.54) is 24.9 Å². The van der Waals surface area contributed by atoms with Gasteiger partial charge in [0.1, 0.15) is 18.5 Å². The molecular formula is C19H19Cl2N3O4S. The molecule has 0 spiro atoms. The van der Waals surface area contributed by atoms with Gasteiger partial charge >= 0.3 is 0 Å². The first kappa shape index (κ1) is 21.8. The molecule has 2 heterocycles. The normalized spacial score (nSPS) is 16.6. The van der Waals surface area contributed by atoms with Gasteiger partial charge < -0.3 is 14.4 Å². The Kier molecular flexibility index (Phi) is 7.34. The molecule has 0 saturated carbocycles. The molecule has 0 bridgehead atoms. The SMILES string of the molecule is CSc1ncc(Cl)c(C(=O)N2CCOC(COc3ccc(Cl)cc3C(C)=O)C2)n1. The van der Waals surface area contributed by atoms with Crippen molar-refractivity contribution in [3.05, 3.63) is 45.7 Å². The number of ether oxygens (including phenoxy) is 2. The monoisotopic (exact) mass is 455 g/mol. The van der Waals surface area contributed by atoms with E-state index < -0.39 is 0 Å². The third-order valence-electron chi connectivity index (χ3n) is 4.28. The second-order valence-corrected chi connectivity index (χ2v) is 7.92. The van der Waals surface area contributed by atoms with Gasteiger partial charge in [-0.15, -0.1) is 0 Å². The van der Waals surface area contributed by atoms with E-state index in [0.717, 1.165) is 0 Å². The molecule has 29 heavy (non-hydrogen) atoms. The molecule has 2 aromatic rings. The van der Waals surface area contributed by atoms with Crippen LogP contribution < -0.4 is 4.74 Å². The van der Waals surface area contributed by atoms with Gasteiger partial charge in [0.05, 0.1) is 29.9 Å². The summed E-state index contributed by atoms with van der Waals surface area (Å²) in [6.07, 6.45) is 2.90. The molecule has 1 aliphatic heterocycles. The van der Waals surface area contributed by atoms with Crippen molar-refractivity contribution >= 4 is 46.7 Å². The highest BCUT2D eigenvalue weighted by atomic mass is 35.5. The minimum absolute atomic E-state index is 0.146. The number of aromatic nitrogens is 2. The van der Waals surface area contributed by atoms with Gasteiger partial charge in [0.15, 0.2) is 16.6 Å². The molecule has 1 amide bonds. The summed E-state index contributed by atoms with van der Waals surface area (Å²) in [5.74, 6) is 0.00111. The van der Waals surface area contributed by atoms with Crippen LogP contribution in [0.15, 0.2) is 29.6 Å². The zero-order chi connectivity index (χ0) is 21.0. The van der Waals surface area contributed by atoms with E-state index in [4.69, 9.17) is 32.7 Å². The van der Waals surface area contributed by atoms with Crippen molar-refractivity contribution in [2.75, 3.05) is 32.6 Å². The molecule has 0 N–H and O–H groups in total. The second-order valence-electron chi connectivity index (χ2n) is 6.30. The Hall–Kier alpha value is -1.87. The molecule has 0 radical (unpaired) electrons. The molecule has 1 aromatic carbocycles. The number of morpholine rings is 1. The topological polar surface area (TPSA) is 81.6 Å². The van der Waals surface area contributed by atoms with Crippen LogP contribution in [-0.4, -0.2) is 65.2 Å². The van der Waals surface area contributed by atoms with Crippen molar-refractivity contribution in [2.45, 2.75) is 18.2 Å². The number of halogens is 2. The van der Waals surface area contributed by atoms with Crippen molar-refractivity contribution in [3.63, 3.8) is 0 Å². The molecule has 154 valence electrons. The number of hydrogen-bond donors (Lipinski definition) is 0. The van der Waals surface area contributed by atoms with E-state index in [1.807, 2.05) is 6.26 Å². The maximum atomic E-state index is 12.9. The first-order chi connectivity index (χ1) is 13.9. The summed E-state index contributed by atoms with van der Waals surface area (Å²) in [5, 5.41) is 1.14. The van der Waals surface area contributed by atoms with Crippen LogP contribution in [0.4, 0.5) is 0 Å². The average Bonchev–Trinajstić information content (AvgIpc) is 2.72. The van der Waals surface area contributed by atoms with Gasteiger partial charge in [-0.25, -0.2) is 9.97 Å². The summed E-state index contributed by atoms with van der Waals surface area (Å²) < 4.78 is 11.5. The summed E-state index contributed by atoms with van der Waals surface area (Å²) in [6, 6.07) is 4.87. The largest absolute Gasteiger partial charge is 0.490 e. The van der Waals surface area contributed by atoms with E-state index >= 15 is 0 Å². The number of amides is 1. The number of nitrogens with zero attached hydrogens (tertiary/aromatic N) is 3. The Morgan fingerprint density at radius 3 is 2.90 bits per heavy atom. The lowest BCUT2D eigenvalue weighted by atomic mass is 10.1. The molecule has 1 aromatic heterocycles. The third kappa shape index (κ3) is 5.39. The van der Waals surface area contributed by atoms with Gasteiger partial charge in [-0.05, 0) is 31.4 Å². The molecule has 1 unspecified atom stereocenters. The fourth-order valence-corrected chi connectivity index (χ4v) is 3.52. The summed E-state index contributed by atoms with van der Waals surface area (Å²) in [7, 11) is 0. The Balaban J connectivity index is 1.67. The van der Waals surface area contributed by atoms with Crippen LogP contribution in [0.25, 0.3) is 0 Å². The minimum atomic E-state index is -0.358. The van der Waals surface area contributed by atoms with E-state index in [2.05, 4.69) is 9.97 Å². The lowest BCUT2D eigenvalue weighted by molar-refractivity contribution is -0.0403. The van der Waals surface area contributed by atoms with Crippen LogP contribution in [-0.2, 0) is 4.74 Å². The third-order valence-corrected chi connectivity index (χ3v) is 5.35. The fourth-order valence-electron chi connectivity index (χ4n) is 2.84. The second kappa shape index (κ2) is 9.75. The number of carbonyl (C=O) groups excluding carboxylic acids is 2. The van der Waals surface area contributed by atoms with E-state index in [0.29, 0.717) is 41.2 Å². The molecule has 1 atom stereocenters. The molecule has 7 nitrogen and oxygen atoms in total. The predicted octanol–water partition coefficient (Wildman–Crippen LogP) is 3.63. The first-order valence-electron chi connectivity index (χ1n) is 8.79. The molecular weight excluding hydrogens is 437 g/mol. The van der Waals surface area contributed by atoms with Crippen molar-refractivity contribution < 1.29 is 19.1 Å². The van der Waals surface area contributed by atoms with Gasteiger partial charge in [-0.3, -0.25) is 9.59 Å². The van der Waals surface area contributed by atoms with Crippen molar-refractivity contribution in [3.8, 4) is 5.75 Å². The highest BCUT2D eigenvalue weighted by molar-refractivity contribution is 7.98. The van der Waals surface area contributed by atoms with Gasteiger partial charge in [-0.2, -0.15) is 0 Å².